The van der Waals surface area contributed by atoms with Crippen LogP contribution in [0.25, 0.3) is 0 Å². The number of piperidine rings is 1. The highest BCUT2D eigenvalue weighted by Crippen LogP contribution is 2.30. The topological polar surface area (TPSA) is 83.6 Å². The Morgan fingerprint density at radius 2 is 1.58 bits per heavy atom. The molecule has 1 fully saturated rings. The molecule has 0 atom stereocenters. The number of rotatable bonds is 5. The van der Waals surface area contributed by atoms with Gasteiger partial charge in [-0.25, -0.2) is 8.42 Å². The summed E-state index contributed by atoms with van der Waals surface area (Å²) in [6.07, 6.45) is 3.06. The molecule has 3 rings (SSSR count). The van der Waals surface area contributed by atoms with Crippen LogP contribution in [0, 0.1) is 0 Å². The van der Waals surface area contributed by atoms with Crippen LogP contribution >= 0.6 is 0 Å². The minimum atomic E-state index is -5.46. The molecule has 1 saturated heterocycles. The Morgan fingerprint density at radius 3 is 2.19 bits per heavy atom. The summed E-state index contributed by atoms with van der Waals surface area (Å²) < 4.78 is 60.6. The first-order valence-corrected chi connectivity index (χ1v) is 11.2. The number of nitrogens with zero attached hydrogens (tertiary/aromatic N) is 1. The van der Waals surface area contributed by atoms with Crippen molar-refractivity contribution < 1.29 is 31.2 Å². The highest BCUT2D eigenvalue weighted by molar-refractivity contribution is 7.92. The summed E-state index contributed by atoms with van der Waals surface area (Å²) in [5, 5.41) is 2.61. The highest BCUT2D eigenvalue weighted by atomic mass is 32.2. The molecule has 166 valence electrons. The first-order valence-electron chi connectivity index (χ1n) is 9.67. The maximum absolute atomic E-state index is 12.6. The van der Waals surface area contributed by atoms with Crippen molar-refractivity contribution in [2.75, 3.05) is 13.1 Å². The van der Waals surface area contributed by atoms with E-state index in [9.17, 15) is 31.2 Å². The van der Waals surface area contributed by atoms with Gasteiger partial charge in [0.25, 0.3) is 21.7 Å². The number of carbonyl (C=O) groups excluding carboxylic acids is 2. The Bertz CT molecular complexity index is 1060. The molecule has 0 aliphatic carbocycles. The summed E-state index contributed by atoms with van der Waals surface area (Å²) in [4.78, 5) is 25.8. The second-order valence-electron chi connectivity index (χ2n) is 7.21. The predicted molar refractivity (Wildman–Crippen MR) is 107 cm³/mol. The van der Waals surface area contributed by atoms with Crippen LogP contribution in [0.15, 0.2) is 53.4 Å². The lowest BCUT2D eigenvalue weighted by atomic mass is 10.1. The van der Waals surface area contributed by atoms with Crippen LogP contribution < -0.4 is 5.32 Å². The van der Waals surface area contributed by atoms with Gasteiger partial charge in [0.2, 0.25) is 0 Å². The molecule has 0 radical (unpaired) electrons. The molecule has 1 aliphatic rings. The number of nitrogens with one attached hydrogen (secondary N) is 1. The average molecular weight is 454 g/mol. The van der Waals surface area contributed by atoms with Gasteiger partial charge in [-0.3, -0.25) is 9.59 Å². The molecule has 0 unspecified atom stereocenters. The third-order valence-corrected chi connectivity index (χ3v) is 6.50. The van der Waals surface area contributed by atoms with E-state index in [1.165, 1.54) is 0 Å². The van der Waals surface area contributed by atoms with Crippen molar-refractivity contribution in [2.45, 2.75) is 36.2 Å². The lowest BCUT2D eigenvalue weighted by molar-refractivity contribution is -0.0436. The van der Waals surface area contributed by atoms with Crippen LogP contribution in [0.5, 0.6) is 0 Å². The quantitative estimate of drug-likeness (QED) is 0.749. The van der Waals surface area contributed by atoms with E-state index in [0.29, 0.717) is 11.1 Å². The summed E-state index contributed by atoms with van der Waals surface area (Å²) in [7, 11) is -5.46. The number of carbonyl (C=O) groups is 2. The number of alkyl halides is 3. The Hall–Kier alpha value is -2.88. The standard InChI is InChI=1S/C21H21F3N2O4S/c22-21(23,24)31(29,30)18-9-7-16(8-10-18)19(27)25-14-15-5-4-6-17(13-15)20(28)26-11-2-1-3-12-26/h4-10,13H,1-3,11-12,14H2,(H,25,27). The van der Waals surface area contributed by atoms with Gasteiger partial charge in [0.1, 0.15) is 0 Å². The molecule has 2 aromatic rings. The Kier molecular flexibility index (Phi) is 6.68. The number of halogens is 3. The summed E-state index contributed by atoms with van der Waals surface area (Å²) >= 11 is 0. The molecule has 0 spiro atoms. The van der Waals surface area contributed by atoms with Crippen molar-refractivity contribution in [1.29, 1.82) is 0 Å². The molecule has 2 amide bonds. The summed E-state index contributed by atoms with van der Waals surface area (Å²) in [6.45, 7) is 1.54. The summed E-state index contributed by atoms with van der Waals surface area (Å²) in [6, 6.07) is 10.4. The van der Waals surface area contributed by atoms with Crippen LogP contribution in [-0.4, -0.2) is 43.7 Å². The number of benzene rings is 2. The molecule has 0 bridgehead atoms. The monoisotopic (exact) mass is 454 g/mol. The van der Waals surface area contributed by atoms with Crippen LogP contribution in [0.4, 0.5) is 13.2 Å². The van der Waals surface area contributed by atoms with Gasteiger partial charge < -0.3 is 10.2 Å². The van der Waals surface area contributed by atoms with Crippen molar-refractivity contribution in [2.24, 2.45) is 0 Å². The first kappa shape index (κ1) is 22.8. The summed E-state index contributed by atoms with van der Waals surface area (Å²) in [5.41, 5.74) is -4.18. The van der Waals surface area contributed by atoms with E-state index in [4.69, 9.17) is 0 Å². The van der Waals surface area contributed by atoms with E-state index in [-0.39, 0.29) is 18.0 Å². The zero-order valence-corrected chi connectivity index (χ0v) is 17.3. The van der Waals surface area contributed by atoms with Crippen molar-refractivity contribution >= 4 is 21.7 Å². The fourth-order valence-corrected chi connectivity index (χ4v) is 4.06. The normalized spacial score (nSPS) is 14.9. The summed E-state index contributed by atoms with van der Waals surface area (Å²) in [5.74, 6) is -0.641. The predicted octanol–water partition coefficient (Wildman–Crippen LogP) is 3.54. The molecule has 0 saturated carbocycles. The van der Waals surface area contributed by atoms with Gasteiger partial charge in [-0.15, -0.1) is 0 Å². The lowest BCUT2D eigenvalue weighted by Gasteiger charge is -2.26. The minimum absolute atomic E-state index is 0.0154. The van der Waals surface area contributed by atoms with Gasteiger partial charge in [0.15, 0.2) is 0 Å². The number of likely N-dealkylation sites (tertiary alicyclic amines) is 1. The van der Waals surface area contributed by atoms with E-state index in [1.807, 2.05) is 0 Å². The van der Waals surface area contributed by atoms with Crippen molar-refractivity contribution in [3.8, 4) is 0 Å². The number of hydrogen-bond donors (Lipinski definition) is 1. The van der Waals surface area contributed by atoms with Crippen LogP contribution in [0.2, 0.25) is 0 Å². The second kappa shape index (κ2) is 9.09. The first-order chi connectivity index (χ1) is 14.6. The van der Waals surface area contributed by atoms with Crippen LogP contribution in [0.3, 0.4) is 0 Å². The number of amides is 2. The molecule has 0 aromatic heterocycles. The smallest absolute Gasteiger partial charge is 0.348 e. The third kappa shape index (κ3) is 5.25. The average Bonchev–Trinajstić information content (AvgIpc) is 2.77. The van der Waals surface area contributed by atoms with Gasteiger partial charge in [0, 0.05) is 30.8 Å². The lowest BCUT2D eigenvalue weighted by Crippen LogP contribution is -2.35. The van der Waals surface area contributed by atoms with E-state index in [1.54, 1.807) is 29.2 Å². The molecule has 1 N–H and O–H groups in total. The zero-order valence-electron chi connectivity index (χ0n) is 16.5. The fraction of sp³-hybridized carbons (Fsp3) is 0.333. The molecule has 1 aliphatic heterocycles. The second-order valence-corrected chi connectivity index (χ2v) is 9.15. The molecule has 2 aromatic carbocycles. The largest absolute Gasteiger partial charge is 0.501 e. The van der Waals surface area contributed by atoms with E-state index >= 15 is 0 Å². The van der Waals surface area contributed by atoms with Gasteiger partial charge in [0.05, 0.1) is 4.90 Å². The van der Waals surface area contributed by atoms with Crippen LogP contribution in [0.1, 0.15) is 45.5 Å². The SMILES string of the molecule is O=C(NCc1cccc(C(=O)N2CCCCC2)c1)c1ccc(S(=O)(=O)C(F)(F)F)cc1. The molecular formula is C21H21F3N2O4S. The maximum atomic E-state index is 12.6. The van der Waals surface area contributed by atoms with Gasteiger partial charge in [-0.2, -0.15) is 13.2 Å². The molecular weight excluding hydrogens is 433 g/mol. The number of sulfone groups is 1. The van der Waals surface area contributed by atoms with Crippen molar-refractivity contribution in [3.05, 3.63) is 65.2 Å². The number of hydrogen-bond acceptors (Lipinski definition) is 4. The molecule has 6 nitrogen and oxygen atoms in total. The van der Waals surface area contributed by atoms with E-state index < -0.39 is 26.1 Å². The maximum Gasteiger partial charge on any atom is 0.501 e. The molecule has 31 heavy (non-hydrogen) atoms. The minimum Gasteiger partial charge on any atom is -0.348 e. The molecule has 10 heteroatoms. The third-order valence-electron chi connectivity index (χ3n) is 5.00. The molecule has 1 heterocycles. The van der Waals surface area contributed by atoms with Gasteiger partial charge in [-0.1, -0.05) is 12.1 Å². The van der Waals surface area contributed by atoms with E-state index in [2.05, 4.69) is 5.32 Å². The van der Waals surface area contributed by atoms with Crippen molar-refractivity contribution in [1.82, 2.24) is 10.2 Å². The Morgan fingerprint density at radius 1 is 0.935 bits per heavy atom. The highest BCUT2D eigenvalue weighted by Gasteiger charge is 2.46. The van der Waals surface area contributed by atoms with E-state index in [0.717, 1.165) is 56.6 Å². The zero-order chi connectivity index (χ0) is 22.6. The van der Waals surface area contributed by atoms with Crippen LogP contribution in [-0.2, 0) is 16.4 Å². The van der Waals surface area contributed by atoms with Gasteiger partial charge in [-0.05, 0) is 61.2 Å². The Labute approximate surface area is 178 Å². The van der Waals surface area contributed by atoms with Gasteiger partial charge >= 0.3 is 5.51 Å². The Balaban J connectivity index is 1.64. The van der Waals surface area contributed by atoms with Crippen molar-refractivity contribution in [3.63, 3.8) is 0 Å². The fourth-order valence-electron chi connectivity index (χ4n) is 3.30.